The third-order valence-electron chi connectivity index (χ3n) is 1.41. The first-order chi connectivity index (χ1) is 5.33. The molecule has 2 heteroatoms. The van der Waals surface area contributed by atoms with Gasteiger partial charge in [-0.15, -0.1) is 0 Å². The molecule has 1 rings (SSSR count). The molecule has 60 valence electrons. The van der Waals surface area contributed by atoms with Crippen molar-refractivity contribution in [3.63, 3.8) is 0 Å². The number of benzene rings is 1. The molecule has 0 aromatic heterocycles. The van der Waals surface area contributed by atoms with E-state index in [9.17, 15) is 0 Å². The third kappa shape index (κ3) is 2.85. The Bertz CT molecular complexity index is 205. The zero-order valence-electron chi connectivity index (χ0n) is 6.58. The number of phenolic OH excluding ortho intramolecular Hbond substituents is 1. The van der Waals surface area contributed by atoms with E-state index in [1.54, 1.807) is 12.1 Å². The molecule has 0 fully saturated rings. The third-order valence-corrected chi connectivity index (χ3v) is 2.35. The van der Waals surface area contributed by atoms with Crippen molar-refractivity contribution in [3.05, 3.63) is 29.8 Å². The summed E-state index contributed by atoms with van der Waals surface area (Å²) in [6, 6.07) is 7.37. The summed E-state index contributed by atoms with van der Waals surface area (Å²) in [5, 5.41) is 8.98. The molecule has 1 aromatic carbocycles. The maximum atomic E-state index is 8.98. The number of phenols is 1. The smallest absolute Gasteiger partial charge is 0.115 e. The van der Waals surface area contributed by atoms with Crippen LogP contribution in [-0.2, 0) is 5.75 Å². The fourth-order valence-electron chi connectivity index (χ4n) is 0.812. The fraction of sp³-hybridized carbons (Fsp3) is 0.333. The van der Waals surface area contributed by atoms with Crippen LogP contribution in [-0.4, -0.2) is 10.9 Å². The summed E-state index contributed by atoms with van der Waals surface area (Å²) in [5.74, 6) is 2.52. The Kier molecular flexibility index (Phi) is 3.30. The van der Waals surface area contributed by atoms with Gasteiger partial charge in [-0.2, -0.15) is 11.8 Å². The first kappa shape index (κ1) is 8.47. The molecule has 0 spiro atoms. The highest BCUT2D eigenvalue weighted by Gasteiger charge is 1.91. The monoisotopic (exact) mass is 168 g/mol. The minimum atomic E-state index is 0.343. The lowest BCUT2D eigenvalue weighted by molar-refractivity contribution is 0.475. The van der Waals surface area contributed by atoms with Gasteiger partial charge in [0.2, 0.25) is 0 Å². The lowest BCUT2D eigenvalue weighted by atomic mass is 10.2. The SMILES string of the molecule is CCSCc1ccc(O)cc1. The topological polar surface area (TPSA) is 20.2 Å². The second kappa shape index (κ2) is 4.29. The van der Waals surface area contributed by atoms with Gasteiger partial charge in [0.15, 0.2) is 0 Å². The van der Waals surface area contributed by atoms with Gasteiger partial charge in [0.25, 0.3) is 0 Å². The van der Waals surface area contributed by atoms with Crippen LogP contribution in [0.15, 0.2) is 24.3 Å². The molecule has 0 aliphatic heterocycles. The largest absolute Gasteiger partial charge is 0.508 e. The molecule has 0 unspecified atom stereocenters. The number of hydrogen-bond donors (Lipinski definition) is 1. The van der Waals surface area contributed by atoms with Crippen LogP contribution in [0.25, 0.3) is 0 Å². The van der Waals surface area contributed by atoms with Gasteiger partial charge in [0.1, 0.15) is 5.75 Å². The highest BCUT2D eigenvalue weighted by molar-refractivity contribution is 7.98. The highest BCUT2D eigenvalue weighted by atomic mass is 32.2. The molecule has 0 aliphatic carbocycles. The molecule has 0 bridgehead atoms. The van der Waals surface area contributed by atoms with E-state index in [0.29, 0.717) is 5.75 Å². The van der Waals surface area contributed by atoms with Gasteiger partial charge >= 0.3 is 0 Å². The van der Waals surface area contributed by atoms with E-state index in [1.165, 1.54) is 5.56 Å². The van der Waals surface area contributed by atoms with Crippen molar-refractivity contribution in [1.82, 2.24) is 0 Å². The molecule has 1 N–H and O–H groups in total. The van der Waals surface area contributed by atoms with Gasteiger partial charge in [-0.05, 0) is 23.4 Å². The Labute approximate surface area is 71.4 Å². The maximum absolute atomic E-state index is 8.98. The van der Waals surface area contributed by atoms with Crippen LogP contribution in [0.1, 0.15) is 12.5 Å². The molecule has 0 aliphatic rings. The van der Waals surface area contributed by atoms with E-state index in [-0.39, 0.29) is 0 Å². The minimum absolute atomic E-state index is 0.343. The van der Waals surface area contributed by atoms with Crippen LogP contribution in [0.4, 0.5) is 0 Å². The first-order valence-electron chi connectivity index (χ1n) is 3.68. The Morgan fingerprint density at radius 2 is 1.91 bits per heavy atom. The fourth-order valence-corrected chi connectivity index (χ4v) is 1.44. The maximum Gasteiger partial charge on any atom is 0.115 e. The van der Waals surface area contributed by atoms with Gasteiger partial charge in [0.05, 0.1) is 0 Å². The van der Waals surface area contributed by atoms with E-state index in [0.717, 1.165) is 11.5 Å². The standard InChI is InChI=1S/C9H12OS/c1-2-11-7-8-3-5-9(10)6-4-8/h3-6,10H,2,7H2,1H3. The van der Waals surface area contributed by atoms with E-state index in [4.69, 9.17) is 5.11 Å². The second-order valence-corrected chi connectivity index (χ2v) is 3.58. The second-order valence-electron chi connectivity index (χ2n) is 2.30. The van der Waals surface area contributed by atoms with Crippen LogP contribution in [0.5, 0.6) is 5.75 Å². The number of aromatic hydroxyl groups is 1. The van der Waals surface area contributed by atoms with Crippen molar-refractivity contribution in [2.45, 2.75) is 12.7 Å². The predicted octanol–water partition coefficient (Wildman–Crippen LogP) is 2.65. The summed E-state index contributed by atoms with van der Waals surface area (Å²) in [7, 11) is 0. The number of hydrogen-bond acceptors (Lipinski definition) is 2. The quantitative estimate of drug-likeness (QED) is 0.748. The summed E-state index contributed by atoms with van der Waals surface area (Å²) in [6.45, 7) is 2.14. The average molecular weight is 168 g/mol. The molecule has 0 radical (unpaired) electrons. The molecule has 0 amide bonds. The van der Waals surface area contributed by atoms with Crippen molar-refractivity contribution in [3.8, 4) is 5.75 Å². The van der Waals surface area contributed by atoms with Crippen molar-refractivity contribution in [2.75, 3.05) is 5.75 Å². The summed E-state index contributed by atoms with van der Waals surface area (Å²) in [5.41, 5.74) is 1.27. The molecule has 1 aromatic rings. The number of rotatable bonds is 3. The minimum Gasteiger partial charge on any atom is -0.508 e. The Morgan fingerprint density at radius 1 is 1.27 bits per heavy atom. The lowest BCUT2D eigenvalue weighted by Gasteiger charge is -1.98. The van der Waals surface area contributed by atoms with Crippen molar-refractivity contribution < 1.29 is 5.11 Å². The molecule has 1 nitrogen and oxygen atoms in total. The lowest BCUT2D eigenvalue weighted by Crippen LogP contribution is -1.78. The molecule has 0 saturated heterocycles. The van der Waals surface area contributed by atoms with E-state index >= 15 is 0 Å². The van der Waals surface area contributed by atoms with Gasteiger partial charge in [-0.25, -0.2) is 0 Å². The Hall–Kier alpha value is -0.630. The van der Waals surface area contributed by atoms with Crippen molar-refractivity contribution in [2.24, 2.45) is 0 Å². The molecule has 0 saturated carbocycles. The van der Waals surface area contributed by atoms with Crippen LogP contribution in [0.2, 0.25) is 0 Å². The van der Waals surface area contributed by atoms with E-state index in [1.807, 2.05) is 23.9 Å². The summed E-state index contributed by atoms with van der Waals surface area (Å²) >= 11 is 1.89. The van der Waals surface area contributed by atoms with E-state index in [2.05, 4.69) is 6.92 Å². The van der Waals surface area contributed by atoms with Crippen molar-refractivity contribution in [1.29, 1.82) is 0 Å². The summed E-state index contributed by atoms with van der Waals surface area (Å²) in [4.78, 5) is 0. The molecular formula is C9H12OS. The van der Waals surface area contributed by atoms with Crippen LogP contribution in [0, 0.1) is 0 Å². The Morgan fingerprint density at radius 3 is 2.45 bits per heavy atom. The van der Waals surface area contributed by atoms with Gasteiger partial charge < -0.3 is 5.11 Å². The number of thioether (sulfide) groups is 1. The normalized spacial score (nSPS) is 9.91. The first-order valence-corrected chi connectivity index (χ1v) is 4.84. The summed E-state index contributed by atoms with van der Waals surface area (Å²) < 4.78 is 0. The predicted molar refractivity (Wildman–Crippen MR) is 49.9 cm³/mol. The van der Waals surface area contributed by atoms with Crippen molar-refractivity contribution >= 4 is 11.8 Å². The Balaban J connectivity index is 2.52. The van der Waals surface area contributed by atoms with Gasteiger partial charge in [-0.3, -0.25) is 0 Å². The average Bonchev–Trinajstić information content (AvgIpc) is 2.04. The van der Waals surface area contributed by atoms with Crippen LogP contribution in [0.3, 0.4) is 0 Å². The van der Waals surface area contributed by atoms with Gasteiger partial charge in [0, 0.05) is 5.75 Å². The zero-order valence-corrected chi connectivity index (χ0v) is 7.40. The van der Waals surface area contributed by atoms with Gasteiger partial charge in [-0.1, -0.05) is 19.1 Å². The highest BCUT2D eigenvalue weighted by Crippen LogP contribution is 2.14. The van der Waals surface area contributed by atoms with Crippen LogP contribution >= 0.6 is 11.8 Å². The molecule has 0 atom stereocenters. The van der Waals surface area contributed by atoms with Crippen LogP contribution < -0.4 is 0 Å². The summed E-state index contributed by atoms with van der Waals surface area (Å²) in [6.07, 6.45) is 0. The molecule has 0 heterocycles. The zero-order chi connectivity index (χ0) is 8.10. The molecular weight excluding hydrogens is 156 g/mol. The molecule has 11 heavy (non-hydrogen) atoms. The van der Waals surface area contributed by atoms with E-state index < -0.39 is 0 Å².